The molecule has 0 radical (unpaired) electrons. The number of ether oxygens (including phenoxy) is 1. The third-order valence-electron chi connectivity index (χ3n) is 7.20. The van der Waals surface area contributed by atoms with Gasteiger partial charge in [-0.1, -0.05) is 41.9 Å². The van der Waals surface area contributed by atoms with E-state index in [1.54, 1.807) is 6.20 Å². The molecule has 0 spiro atoms. The van der Waals surface area contributed by atoms with E-state index in [4.69, 9.17) is 16.3 Å². The average Bonchev–Trinajstić information content (AvgIpc) is 3.51. The Bertz CT molecular complexity index is 1390. The van der Waals surface area contributed by atoms with Gasteiger partial charge in [-0.3, -0.25) is 4.79 Å². The summed E-state index contributed by atoms with van der Waals surface area (Å²) in [5, 5.41) is 12.7. The van der Waals surface area contributed by atoms with Crippen LogP contribution in [0.4, 0.5) is 0 Å². The number of H-pyrrole nitrogens is 1. The van der Waals surface area contributed by atoms with E-state index in [0.717, 1.165) is 33.3 Å². The highest BCUT2D eigenvalue weighted by Crippen LogP contribution is 2.43. The molecule has 178 valence electrons. The summed E-state index contributed by atoms with van der Waals surface area (Å²) in [6, 6.07) is 17.7. The van der Waals surface area contributed by atoms with E-state index in [0.29, 0.717) is 49.5 Å². The molecule has 2 aromatic heterocycles. The molecule has 1 atom stereocenters. The van der Waals surface area contributed by atoms with Crippen molar-refractivity contribution in [1.29, 1.82) is 0 Å². The second-order valence-corrected chi connectivity index (χ2v) is 10.00. The fraction of sp³-hybridized carbons (Fsp3) is 0.286. The fourth-order valence-electron chi connectivity index (χ4n) is 5.36. The number of aromatic amines is 1. The molecular weight excluding hydrogens is 462 g/mol. The lowest BCUT2D eigenvalue weighted by atomic mass is 9.85. The number of nitrogens with one attached hydrogen (secondary N) is 1. The van der Waals surface area contributed by atoms with Crippen LogP contribution >= 0.6 is 11.6 Å². The Morgan fingerprint density at radius 3 is 2.74 bits per heavy atom. The maximum absolute atomic E-state index is 13.4. The zero-order valence-corrected chi connectivity index (χ0v) is 20.0. The molecule has 1 fully saturated rings. The van der Waals surface area contributed by atoms with Crippen LogP contribution in [0.25, 0.3) is 22.2 Å². The first-order valence-corrected chi connectivity index (χ1v) is 12.3. The van der Waals surface area contributed by atoms with E-state index in [1.165, 1.54) is 0 Å². The fourth-order valence-corrected chi connectivity index (χ4v) is 5.60. The summed E-state index contributed by atoms with van der Waals surface area (Å²) in [7, 11) is 0. The molecule has 7 heteroatoms. The van der Waals surface area contributed by atoms with Crippen molar-refractivity contribution >= 4 is 28.5 Å². The number of benzene rings is 2. The van der Waals surface area contributed by atoms with Crippen LogP contribution in [-0.4, -0.2) is 50.7 Å². The highest BCUT2D eigenvalue weighted by Gasteiger charge is 2.39. The minimum atomic E-state index is -0.790. The lowest BCUT2D eigenvalue weighted by Crippen LogP contribution is -2.51. The monoisotopic (exact) mass is 487 g/mol. The highest BCUT2D eigenvalue weighted by molar-refractivity contribution is 6.31. The molecule has 1 unspecified atom stereocenters. The maximum Gasteiger partial charge on any atom is 0.263 e. The topological polar surface area (TPSA) is 78.5 Å². The van der Waals surface area contributed by atoms with Gasteiger partial charge < -0.3 is 19.7 Å². The number of nitrogens with zero attached hydrogens (tertiary/aromatic N) is 2. The van der Waals surface area contributed by atoms with Crippen molar-refractivity contribution < 1.29 is 14.6 Å². The minimum Gasteiger partial charge on any atom is -0.479 e. The number of carbonyl (C=O) groups is 1. The van der Waals surface area contributed by atoms with Gasteiger partial charge in [-0.05, 0) is 48.2 Å². The van der Waals surface area contributed by atoms with Gasteiger partial charge in [0.2, 0.25) is 0 Å². The second kappa shape index (κ2) is 8.70. The Kier molecular flexibility index (Phi) is 5.50. The Morgan fingerprint density at radius 1 is 1.14 bits per heavy atom. The number of carbonyl (C=O) groups excluding carboxylic acids is 1. The van der Waals surface area contributed by atoms with Crippen molar-refractivity contribution in [1.82, 2.24) is 14.9 Å². The molecule has 0 saturated carbocycles. The van der Waals surface area contributed by atoms with Gasteiger partial charge in [0.05, 0.1) is 5.60 Å². The number of rotatable bonds is 4. The summed E-state index contributed by atoms with van der Waals surface area (Å²) >= 11 is 6.48. The normalized spacial score (nSPS) is 18.9. The van der Waals surface area contributed by atoms with Gasteiger partial charge in [-0.25, -0.2) is 4.98 Å². The van der Waals surface area contributed by atoms with Crippen molar-refractivity contribution in [3.63, 3.8) is 0 Å². The van der Waals surface area contributed by atoms with Crippen LogP contribution in [0.5, 0.6) is 5.75 Å². The molecule has 4 heterocycles. The summed E-state index contributed by atoms with van der Waals surface area (Å²) in [5.41, 5.74) is 3.88. The largest absolute Gasteiger partial charge is 0.479 e. The SMILES string of the molecule is O=C(C1Cc2cc(Cl)cc(-c3ccnc4[nH]ccc34)c2O1)N1CCC(O)(Cc2ccccc2)CC1. The number of fused-ring (bicyclic) bond motifs is 2. The molecule has 1 amide bonds. The summed E-state index contributed by atoms with van der Waals surface area (Å²) in [6.45, 7) is 1.03. The van der Waals surface area contributed by atoms with Gasteiger partial charge >= 0.3 is 0 Å². The quantitative estimate of drug-likeness (QED) is 0.434. The lowest BCUT2D eigenvalue weighted by Gasteiger charge is -2.39. The molecule has 0 aliphatic carbocycles. The zero-order valence-electron chi connectivity index (χ0n) is 19.2. The molecule has 2 N–H and O–H groups in total. The molecule has 1 saturated heterocycles. The third kappa shape index (κ3) is 4.17. The Morgan fingerprint density at radius 2 is 1.94 bits per heavy atom. The van der Waals surface area contributed by atoms with Crippen LogP contribution < -0.4 is 4.74 Å². The number of amides is 1. The first kappa shape index (κ1) is 22.1. The maximum atomic E-state index is 13.4. The number of aromatic nitrogens is 2. The van der Waals surface area contributed by atoms with E-state index in [9.17, 15) is 9.90 Å². The van der Waals surface area contributed by atoms with E-state index in [2.05, 4.69) is 9.97 Å². The van der Waals surface area contributed by atoms with Gasteiger partial charge in [-0.2, -0.15) is 0 Å². The average molecular weight is 488 g/mol. The van der Waals surface area contributed by atoms with E-state index >= 15 is 0 Å². The first-order chi connectivity index (χ1) is 17.0. The second-order valence-electron chi connectivity index (χ2n) is 9.56. The van der Waals surface area contributed by atoms with E-state index in [1.807, 2.05) is 65.7 Å². The standard InChI is InChI=1S/C28H26ClN3O3/c29-20-14-19-15-24(35-25(19)23(16-20)21-6-10-30-26-22(21)7-11-31-26)27(33)32-12-8-28(34,9-13-32)17-18-4-2-1-3-5-18/h1-7,10-11,14,16,24,34H,8-9,12-13,15,17H2,(H,30,31). The molecule has 6 nitrogen and oxygen atoms in total. The van der Waals surface area contributed by atoms with Gasteiger partial charge in [0.15, 0.2) is 6.10 Å². The van der Waals surface area contributed by atoms with Crippen molar-refractivity contribution in [3.05, 3.63) is 83.1 Å². The molecule has 4 aromatic rings. The Labute approximate surface area is 208 Å². The lowest BCUT2D eigenvalue weighted by molar-refractivity contribution is -0.142. The van der Waals surface area contributed by atoms with Crippen LogP contribution in [0.3, 0.4) is 0 Å². The number of hydrogen-bond donors (Lipinski definition) is 2. The highest BCUT2D eigenvalue weighted by atomic mass is 35.5. The van der Waals surface area contributed by atoms with E-state index in [-0.39, 0.29) is 5.91 Å². The molecule has 0 bridgehead atoms. The molecular formula is C28H26ClN3O3. The predicted molar refractivity (Wildman–Crippen MR) is 136 cm³/mol. The zero-order chi connectivity index (χ0) is 24.0. The summed E-state index contributed by atoms with van der Waals surface area (Å²) < 4.78 is 6.29. The molecule has 2 aromatic carbocycles. The van der Waals surface area contributed by atoms with Gasteiger partial charge in [0.25, 0.3) is 5.91 Å². The minimum absolute atomic E-state index is 0.0356. The third-order valence-corrected chi connectivity index (χ3v) is 7.42. The van der Waals surface area contributed by atoms with Crippen molar-refractivity contribution in [2.45, 2.75) is 37.4 Å². The Balaban J connectivity index is 1.19. The van der Waals surface area contributed by atoms with Crippen LogP contribution in [0.15, 0.2) is 67.0 Å². The molecule has 2 aliphatic heterocycles. The number of likely N-dealkylation sites (tertiary alicyclic amines) is 1. The first-order valence-electron chi connectivity index (χ1n) is 12.0. The summed E-state index contributed by atoms with van der Waals surface area (Å²) in [5.74, 6) is 0.672. The van der Waals surface area contributed by atoms with Gasteiger partial charge in [0.1, 0.15) is 11.4 Å². The molecule has 6 rings (SSSR count). The molecule has 2 aliphatic rings. The van der Waals surface area contributed by atoms with Crippen LogP contribution in [0.2, 0.25) is 5.02 Å². The van der Waals surface area contributed by atoms with Crippen LogP contribution in [0.1, 0.15) is 24.0 Å². The van der Waals surface area contributed by atoms with Crippen LogP contribution in [0, 0.1) is 0 Å². The van der Waals surface area contributed by atoms with Crippen LogP contribution in [-0.2, 0) is 17.6 Å². The van der Waals surface area contributed by atoms with Gasteiger partial charge in [0, 0.05) is 59.9 Å². The van der Waals surface area contributed by atoms with Crippen molar-refractivity contribution in [2.24, 2.45) is 0 Å². The Hall–Kier alpha value is -3.35. The molecule has 35 heavy (non-hydrogen) atoms. The number of halogens is 1. The number of pyridine rings is 1. The van der Waals surface area contributed by atoms with Gasteiger partial charge in [-0.15, -0.1) is 0 Å². The van der Waals surface area contributed by atoms with E-state index < -0.39 is 11.7 Å². The smallest absolute Gasteiger partial charge is 0.263 e. The number of aliphatic hydroxyl groups is 1. The number of hydrogen-bond acceptors (Lipinski definition) is 4. The van der Waals surface area contributed by atoms with Crippen molar-refractivity contribution in [2.75, 3.05) is 13.1 Å². The number of piperidine rings is 1. The van der Waals surface area contributed by atoms with Crippen molar-refractivity contribution in [3.8, 4) is 16.9 Å². The predicted octanol–water partition coefficient (Wildman–Crippen LogP) is 4.78. The summed E-state index contributed by atoms with van der Waals surface area (Å²) in [6.07, 6.45) is 5.19. The summed E-state index contributed by atoms with van der Waals surface area (Å²) in [4.78, 5) is 22.8.